The van der Waals surface area contributed by atoms with Gasteiger partial charge in [-0.05, 0) is 75.4 Å². The number of ether oxygens (including phenoxy) is 2. The molecule has 0 aliphatic carbocycles. The highest BCUT2D eigenvalue weighted by molar-refractivity contribution is 6.05. The Morgan fingerprint density at radius 2 is 1.33 bits per heavy atom. The number of hydrogen-bond acceptors (Lipinski definition) is 10. The molecule has 0 spiro atoms. The SMILES string of the molecule is COc1c(C)cc(NC(=O)[C@@H](CCCN=C(N)N)NC(=O)c2cc(NC(=O)[C@H](N)CCCN=C(N)N)ccc2OCCN=C(N)N)cc1C(C)=O. The number of aryl methyl sites for hydroxylation is 1. The number of methoxy groups -OCH3 is 1. The van der Waals surface area contributed by atoms with Crippen LogP contribution in [0.1, 0.15) is 58.9 Å². The number of benzene rings is 2. The summed E-state index contributed by atoms with van der Waals surface area (Å²) in [5.41, 5.74) is 39.8. The summed E-state index contributed by atoms with van der Waals surface area (Å²) in [4.78, 5) is 64.4. The average Bonchev–Trinajstić information content (AvgIpc) is 3.05. The second-order valence-electron chi connectivity index (χ2n) is 11.3. The number of ketones is 1. The number of carbonyl (C=O) groups is 4. The lowest BCUT2D eigenvalue weighted by atomic mass is 10.0. The number of aliphatic imine (C=N–C) groups is 3. The van der Waals surface area contributed by atoms with Gasteiger partial charge in [0.2, 0.25) is 11.8 Å². The molecule has 0 bridgehead atoms. The Bertz CT molecular complexity index is 1630. The molecule has 0 fully saturated rings. The number of Topliss-reactive ketones (excluding diaryl/α,β-unsaturated/α-hetero) is 1. The van der Waals surface area contributed by atoms with Gasteiger partial charge in [-0.1, -0.05) is 0 Å². The Labute approximate surface area is 295 Å². The van der Waals surface area contributed by atoms with Gasteiger partial charge in [0.25, 0.3) is 5.91 Å². The van der Waals surface area contributed by atoms with Crippen LogP contribution in [-0.2, 0) is 9.59 Å². The molecule has 0 unspecified atom stereocenters. The van der Waals surface area contributed by atoms with Crippen LogP contribution >= 0.6 is 0 Å². The monoisotopic (exact) mass is 711 g/mol. The van der Waals surface area contributed by atoms with Gasteiger partial charge in [0.05, 0.1) is 30.8 Å². The molecule has 2 aromatic carbocycles. The van der Waals surface area contributed by atoms with Crippen LogP contribution in [-0.4, -0.2) is 86.8 Å². The quantitative estimate of drug-likeness (QED) is 0.0340. The minimum Gasteiger partial charge on any atom is -0.496 e. The smallest absolute Gasteiger partial charge is 0.255 e. The van der Waals surface area contributed by atoms with Crippen molar-refractivity contribution in [3.05, 3.63) is 47.0 Å². The van der Waals surface area contributed by atoms with Crippen molar-refractivity contribution < 1.29 is 28.7 Å². The van der Waals surface area contributed by atoms with E-state index in [9.17, 15) is 19.2 Å². The number of amides is 3. The third kappa shape index (κ3) is 14.1. The first-order chi connectivity index (χ1) is 24.1. The summed E-state index contributed by atoms with van der Waals surface area (Å²) in [6.45, 7) is 3.70. The second kappa shape index (κ2) is 20.4. The van der Waals surface area contributed by atoms with Gasteiger partial charge in [-0.3, -0.25) is 34.2 Å². The van der Waals surface area contributed by atoms with Gasteiger partial charge in [-0.25, -0.2) is 0 Å². The number of hydrogen-bond donors (Lipinski definition) is 10. The van der Waals surface area contributed by atoms with Crippen molar-refractivity contribution in [2.75, 3.05) is 44.0 Å². The maximum Gasteiger partial charge on any atom is 0.255 e. The summed E-state index contributed by atoms with van der Waals surface area (Å²) in [6, 6.07) is 5.51. The van der Waals surface area contributed by atoms with Crippen molar-refractivity contribution in [2.45, 2.75) is 51.6 Å². The molecule has 19 nitrogen and oxygen atoms in total. The van der Waals surface area contributed by atoms with E-state index < -0.39 is 29.8 Å². The van der Waals surface area contributed by atoms with E-state index in [1.807, 2.05) is 0 Å². The predicted molar refractivity (Wildman–Crippen MR) is 197 cm³/mol. The molecule has 0 saturated carbocycles. The molecule has 51 heavy (non-hydrogen) atoms. The van der Waals surface area contributed by atoms with Gasteiger partial charge in [0.1, 0.15) is 24.1 Å². The summed E-state index contributed by atoms with van der Waals surface area (Å²) in [5.74, 6) is -1.89. The Morgan fingerprint density at radius 3 is 1.92 bits per heavy atom. The van der Waals surface area contributed by atoms with Crippen LogP contribution in [0.25, 0.3) is 0 Å². The number of nitrogens with zero attached hydrogens (tertiary/aromatic N) is 3. The van der Waals surface area contributed by atoms with Gasteiger partial charge in [0.15, 0.2) is 23.7 Å². The topological polar surface area (TPSA) is 342 Å². The molecule has 0 radical (unpaired) electrons. The van der Waals surface area contributed by atoms with E-state index >= 15 is 0 Å². The highest BCUT2D eigenvalue weighted by Crippen LogP contribution is 2.29. The first kappa shape index (κ1) is 41.1. The van der Waals surface area contributed by atoms with Crippen LogP contribution in [0.4, 0.5) is 11.4 Å². The van der Waals surface area contributed by atoms with Crippen molar-refractivity contribution in [1.29, 1.82) is 0 Å². The Hall–Kier alpha value is -6.11. The molecule has 19 heteroatoms. The maximum absolute atomic E-state index is 13.9. The molecule has 2 rings (SSSR count). The molecule has 0 aromatic heterocycles. The van der Waals surface area contributed by atoms with Crippen LogP contribution in [0.5, 0.6) is 11.5 Å². The third-order valence-electron chi connectivity index (χ3n) is 7.13. The fourth-order valence-corrected chi connectivity index (χ4v) is 4.74. The molecular formula is C32H49N13O6. The predicted octanol–water partition coefficient (Wildman–Crippen LogP) is -1.03. The summed E-state index contributed by atoms with van der Waals surface area (Å²) in [7, 11) is 1.44. The molecule has 0 heterocycles. The van der Waals surface area contributed by atoms with Crippen LogP contribution in [0.3, 0.4) is 0 Å². The largest absolute Gasteiger partial charge is 0.496 e. The van der Waals surface area contributed by atoms with Crippen LogP contribution in [0.2, 0.25) is 0 Å². The highest BCUT2D eigenvalue weighted by Gasteiger charge is 2.25. The molecule has 3 amide bonds. The number of rotatable bonds is 20. The lowest BCUT2D eigenvalue weighted by Gasteiger charge is -2.21. The van der Waals surface area contributed by atoms with Crippen molar-refractivity contribution in [2.24, 2.45) is 55.1 Å². The molecule has 2 atom stereocenters. The standard InChI is InChI=1S/C32H49N13O6/c1-17-14-20(16-21(18(2)46)26(17)50-3)44-29(49)24(7-5-11-41-31(36)37)45-27(47)22-15-19(8-9-25(22)51-13-12-42-32(38)39)43-28(48)23(33)6-4-10-40-30(34)35/h8-9,14-16,23-24H,4-7,10-13,33H2,1-3H3,(H,43,48)(H,44,49)(H,45,47)(H4,34,35,40)(H4,36,37,41)(H4,38,39,42)/t23-,24-/m1/s1. The zero-order chi connectivity index (χ0) is 38.1. The number of nitrogens with two attached hydrogens (primary N) is 7. The van der Waals surface area contributed by atoms with Gasteiger partial charge < -0.3 is 65.6 Å². The summed E-state index contributed by atoms with van der Waals surface area (Å²) < 4.78 is 11.2. The van der Waals surface area contributed by atoms with E-state index in [0.29, 0.717) is 42.8 Å². The summed E-state index contributed by atoms with van der Waals surface area (Å²) in [5, 5.41) is 8.20. The Kier molecular flexibility index (Phi) is 16.4. The fraction of sp³-hybridized carbons (Fsp3) is 0.406. The molecule has 0 aliphatic heterocycles. The van der Waals surface area contributed by atoms with E-state index in [1.54, 1.807) is 13.0 Å². The highest BCUT2D eigenvalue weighted by atomic mass is 16.5. The number of carbonyl (C=O) groups excluding carboxylic acids is 4. The molecule has 278 valence electrons. The fourth-order valence-electron chi connectivity index (χ4n) is 4.74. The Balaban J connectivity index is 2.40. The molecule has 17 N–H and O–H groups in total. The second-order valence-corrected chi connectivity index (χ2v) is 11.3. The lowest BCUT2D eigenvalue weighted by Crippen LogP contribution is -2.44. The van der Waals surface area contributed by atoms with Crippen molar-refractivity contribution in [3.63, 3.8) is 0 Å². The molecule has 0 aliphatic rings. The first-order valence-electron chi connectivity index (χ1n) is 15.9. The zero-order valence-electron chi connectivity index (χ0n) is 29.0. The van der Waals surface area contributed by atoms with E-state index in [-0.39, 0.29) is 72.3 Å². The van der Waals surface area contributed by atoms with Crippen LogP contribution in [0, 0.1) is 6.92 Å². The zero-order valence-corrected chi connectivity index (χ0v) is 29.0. The third-order valence-corrected chi connectivity index (χ3v) is 7.13. The van der Waals surface area contributed by atoms with Crippen molar-refractivity contribution in [1.82, 2.24) is 5.32 Å². The van der Waals surface area contributed by atoms with Crippen LogP contribution in [0.15, 0.2) is 45.3 Å². The minimum atomic E-state index is -1.11. The lowest BCUT2D eigenvalue weighted by molar-refractivity contribution is -0.118. The van der Waals surface area contributed by atoms with Gasteiger partial charge in [0, 0.05) is 24.5 Å². The van der Waals surface area contributed by atoms with Crippen molar-refractivity contribution in [3.8, 4) is 11.5 Å². The number of anilines is 2. The van der Waals surface area contributed by atoms with Gasteiger partial charge in [-0.15, -0.1) is 0 Å². The minimum absolute atomic E-state index is 0.00227. The maximum atomic E-state index is 13.9. The number of nitrogens with one attached hydrogen (secondary N) is 3. The van der Waals surface area contributed by atoms with E-state index in [4.69, 9.17) is 49.6 Å². The first-order valence-corrected chi connectivity index (χ1v) is 15.9. The summed E-state index contributed by atoms with van der Waals surface area (Å²) in [6.07, 6.45) is 1.19. The Morgan fingerprint density at radius 1 is 0.765 bits per heavy atom. The van der Waals surface area contributed by atoms with Gasteiger partial charge >= 0.3 is 0 Å². The normalized spacial score (nSPS) is 11.6. The molecular weight excluding hydrogens is 662 g/mol. The van der Waals surface area contributed by atoms with Gasteiger partial charge in [-0.2, -0.15) is 0 Å². The van der Waals surface area contributed by atoms with E-state index in [2.05, 4.69) is 30.9 Å². The van der Waals surface area contributed by atoms with Crippen molar-refractivity contribution >= 4 is 52.8 Å². The average molecular weight is 712 g/mol. The molecule has 0 saturated heterocycles. The molecule has 2 aromatic rings. The summed E-state index contributed by atoms with van der Waals surface area (Å²) >= 11 is 0. The number of guanidine groups is 3. The van der Waals surface area contributed by atoms with Crippen LogP contribution < -0.4 is 65.6 Å². The van der Waals surface area contributed by atoms with E-state index in [1.165, 1.54) is 38.3 Å². The van der Waals surface area contributed by atoms with E-state index in [0.717, 1.165) is 0 Å².